The molecule has 88 valence electrons. The molecule has 0 aromatic rings. The van der Waals surface area contributed by atoms with E-state index in [2.05, 4.69) is 4.90 Å². The number of nitrogens with zero attached hydrogens (tertiary/aromatic N) is 1. The van der Waals surface area contributed by atoms with Gasteiger partial charge in [-0.1, -0.05) is 6.08 Å². The molecule has 15 heavy (non-hydrogen) atoms. The molecule has 1 saturated heterocycles. The number of rotatable bonds is 4. The van der Waals surface area contributed by atoms with Crippen LogP contribution in [0.4, 0.5) is 0 Å². The number of aliphatic carboxylic acids is 1. The summed E-state index contributed by atoms with van der Waals surface area (Å²) in [5.74, 6) is -0.878. The molecule has 1 fully saturated rings. The maximum absolute atomic E-state index is 10.2. The third kappa shape index (κ3) is 5.77. The number of carbonyl (C=O) groups is 1. The predicted molar refractivity (Wildman–Crippen MR) is 60.5 cm³/mol. The van der Waals surface area contributed by atoms with Crippen LogP contribution in [0.3, 0.4) is 0 Å². The lowest BCUT2D eigenvalue weighted by Gasteiger charge is -2.30. The Hall–Kier alpha value is -0.580. The van der Waals surface area contributed by atoms with Gasteiger partial charge in [0.15, 0.2) is 0 Å². The van der Waals surface area contributed by atoms with Gasteiger partial charge in [0, 0.05) is 32.8 Å². The molecule has 0 atom stereocenters. The van der Waals surface area contributed by atoms with Crippen LogP contribution >= 0.6 is 12.4 Å². The Morgan fingerprint density at radius 2 is 2.13 bits per heavy atom. The molecule has 1 heterocycles. The summed E-state index contributed by atoms with van der Waals surface area (Å²) in [5.41, 5.74) is 0. The molecule has 0 radical (unpaired) electrons. The zero-order valence-corrected chi connectivity index (χ0v) is 9.70. The van der Waals surface area contributed by atoms with Crippen LogP contribution in [0, 0.1) is 0 Å². The maximum Gasteiger partial charge on any atom is 0.328 e. The summed E-state index contributed by atoms with van der Waals surface area (Å²) in [6.45, 7) is 2.70. The minimum Gasteiger partial charge on any atom is -0.478 e. The number of hydrogen-bond acceptors (Lipinski definition) is 3. The van der Waals surface area contributed by atoms with E-state index in [4.69, 9.17) is 9.84 Å². The summed E-state index contributed by atoms with van der Waals surface area (Å²) < 4.78 is 5.24. The molecule has 0 unspecified atom stereocenters. The maximum atomic E-state index is 10.2. The van der Waals surface area contributed by atoms with Crippen LogP contribution in [0.15, 0.2) is 12.2 Å². The minimum atomic E-state index is -0.878. The van der Waals surface area contributed by atoms with Gasteiger partial charge in [-0.05, 0) is 12.8 Å². The van der Waals surface area contributed by atoms with E-state index >= 15 is 0 Å². The fraction of sp³-hybridized carbons (Fsp3) is 0.700. The Kier molecular flexibility index (Phi) is 7.38. The Labute approximate surface area is 96.3 Å². The largest absolute Gasteiger partial charge is 0.478 e. The fourth-order valence-electron chi connectivity index (χ4n) is 1.63. The van der Waals surface area contributed by atoms with Crippen molar-refractivity contribution in [1.82, 2.24) is 4.90 Å². The summed E-state index contributed by atoms with van der Waals surface area (Å²) >= 11 is 0. The molecule has 0 aliphatic carbocycles. The van der Waals surface area contributed by atoms with Crippen molar-refractivity contribution in [2.45, 2.75) is 18.9 Å². The van der Waals surface area contributed by atoms with Crippen molar-refractivity contribution in [2.24, 2.45) is 0 Å². The molecule has 5 heteroatoms. The van der Waals surface area contributed by atoms with Crippen molar-refractivity contribution in [1.29, 1.82) is 0 Å². The van der Waals surface area contributed by atoms with Crippen LogP contribution in [0.5, 0.6) is 0 Å². The number of hydrogen-bond donors (Lipinski definition) is 1. The van der Waals surface area contributed by atoms with E-state index in [1.807, 2.05) is 0 Å². The number of halogens is 1. The van der Waals surface area contributed by atoms with E-state index in [-0.39, 0.29) is 12.4 Å². The lowest BCUT2D eigenvalue weighted by Crippen LogP contribution is -2.36. The molecule has 1 rings (SSSR count). The first-order valence-corrected chi connectivity index (χ1v) is 4.87. The molecule has 1 aliphatic rings. The molecule has 0 aromatic heterocycles. The minimum absolute atomic E-state index is 0. The standard InChI is InChI=1S/C10H17NO3.ClH/c1-14-9-4-7-11(8-5-9)6-2-3-10(12)13;/h2-3,9H,4-8H2,1H3,(H,12,13);1H. The lowest BCUT2D eigenvalue weighted by atomic mass is 10.1. The van der Waals surface area contributed by atoms with Gasteiger partial charge in [-0.15, -0.1) is 12.4 Å². The highest BCUT2D eigenvalue weighted by Gasteiger charge is 2.17. The summed E-state index contributed by atoms with van der Waals surface area (Å²) in [6.07, 6.45) is 5.35. The van der Waals surface area contributed by atoms with Crippen molar-refractivity contribution in [3.8, 4) is 0 Å². The molecule has 1 N–H and O–H groups in total. The molecule has 4 nitrogen and oxygen atoms in total. The number of methoxy groups -OCH3 is 1. The van der Waals surface area contributed by atoms with Crippen molar-refractivity contribution >= 4 is 18.4 Å². The molecule has 0 spiro atoms. The zero-order chi connectivity index (χ0) is 10.4. The second-order valence-electron chi connectivity index (χ2n) is 3.48. The molecule has 0 aromatic carbocycles. The van der Waals surface area contributed by atoms with Crippen LogP contribution in [0.25, 0.3) is 0 Å². The van der Waals surface area contributed by atoms with Gasteiger partial charge in [-0.3, -0.25) is 4.90 Å². The highest BCUT2D eigenvalue weighted by molar-refractivity contribution is 5.85. The van der Waals surface area contributed by atoms with Crippen molar-refractivity contribution in [3.05, 3.63) is 12.2 Å². The Morgan fingerprint density at radius 3 is 2.60 bits per heavy atom. The molecular formula is C10H18ClNO3. The fourth-order valence-corrected chi connectivity index (χ4v) is 1.63. The van der Waals surface area contributed by atoms with Gasteiger partial charge in [-0.2, -0.15) is 0 Å². The number of carboxylic acid groups (broad SMARTS) is 1. The first-order chi connectivity index (χ1) is 6.72. The summed E-state index contributed by atoms with van der Waals surface area (Å²) in [7, 11) is 1.74. The first-order valence-electron chi connectivity index (χ1n) is 4.87. The van der Waals surface area contributed by atoms with E-state index in [1.165, 1.54) is 6.08 Å². The summed E-state index contributed by atoms with van der Waals surface area (Å²) in [5, 5.41) is 8.40. The average molecular weight is 236 g/mol. The van der Waals surface area contributed by atoms with E-state index in [0.29, 0.717) is 6.10 Å². The number of carboxylic acids is 1. The van der Waals surface area contributed by atoms with Gasteiger partial charge in [0.05, 0.1) is 6.10 Å². The molecule has 0 amide bonds. The number of likely N-dealkylation sites (tertiary alicyclic amines) is 1. The van der Waals surface area contributed by atoms with Crippen molar-refractivity contribution < 1.29 is 14.6 Å². The molecule has 0 bridgehead atoms. The predicted octanol–water partition coefficient (Wildman–Crippen LogP) is 1.16. The Balaban J connectivity index is 0.00000196. The third-order valence-electron chi connectivity index (χ3n) is 2.49. The van der Waals surface area contributed by atoms with Crippen LogP contribution in [0.1, 0.15) is 12.8 Å². The molecular weight excluding hydrogens is 218 g/mol. The SMILES string of the molecule is COC1CCN(CC=CC(=O)O)CC1.Cl. The Bertz CT molecular complexity index is 213. The molecule has 0 saturated carbocycles. The average Bonchev–Trinajstić information content (AvgIpc) is 2.18. The van der Waals surface area contributed by atoms with Crippen molar-refractivity contribution in [3.63, 3.8) is 0 Å². The van der Waals surface area contributed by atoms with Crippen LogP contribution in [-0.4, -0.2) is 48.8 Å². The van der Waals surface area contributed by atoms with E-state index in [0.717, 1.165) is 32.5 Å². The van der Waals surface area contributed by atoms with E-state index in [1.54, 1.807) is 13.2 Å². The van der Waals surface area contributed by atoms with E-state index < -0.39 is 5.97 Å². The first kappa shape index (κ1) is 14.4. The molecule has 1 aliphatic heterocycles. The number of piperidine rings is 1. The normalized spacial score (nSPS) is 19.0. The van der Waals surface area contributed by atoms with Gasteiger partial charge in [0.1, 0.15) is 0 Å². The third-order valence-corrected chi connectivity index (χ3v) is 2.49. The van der Waals surface area contributed by atoms with Crippen molar-refractivity contribution in [2.75, 3.05) is 26.7 Å². The smallest absolute Gasteiger partial charge is 0.328 e. The topological polar surface area (TPSA) is 49.8 Å². The quantitative estimate of drug-likeness (QED) is 0.743. The number of ether oxygens (including phenoxy) is 1. The lowest BCUT2D eigenvalue weighted by molar-refractivity contribution is -0.131. The highest BCUT2D eigenvalue weighted by Crippen LogP contribution is 2.12. The van der Waals surface area contributed by atoms with Crippen LogP contribution < -0.4 is 0 Å². The second kappa shape index (κ2) is 7.68. The van der Waals surface area contributed by atoms with Gasteiger partial charge >= 0.3 is 5.97 Å². The van der Waals surface area contributed by atoms with Crippen LogP contribution in [-0.2, 0) is 9.53 Å². The monoisotopic (exact) mass is 235 g/mol. The summed E-state index contributed by atoms with van der Waals surface area (Å²) in [4.78, 5) is 12.4. The van der Waals surface area contributed by atoms with Gasteiger partial charge in [0.25, 0.3) is 0 Å². The van der Waals surface area contributed by atoms with Crippen LogP contribution in [0.2, 0.25) is 0 Å². The highest BCUT2D eigenvalue weighted by atomic mass is 35.5. The van der Waals surface area contributed by atoms with Gasteiger partial charge in [0.2, 0.25) is 0 Å². The Morgan fingerprint density at radius 1 is 1.53 bits per heavy atom. The van der Waals surface area contributed by atoms with Gasteiger partial charge < -0.3 is 9.84 Å². The second-order valence-corrected chi connectivity index (χ2v) is 3.48. The van der Waals surface area contributed by atoms with E-state index in [9.17, 15) is 4.79 Å². The van der Waals surface area contributed by atoms with Gasteiger partial charge in [-0.25, -0.2) is 4.79 Å². The summed E-state index contributed by atoms with van der Waals surface area (Å²) in [6, 6.07) is 0. The zero-order valence-electron chi connectivity index (χ0n) is 8.89.